The number of ether oxygens (including phenoxy) is 1. The Labute approximate surface area is 147 Å². The van der Waals surface area contributed by atoms with Gasteiger partial charge in [-0.25, -0.2) is 9.59 Å². The number of amides is 1. The van der Waals surface area contributed by atoms with E-state index in [-0.39, 0.29) is 5.92 Å². The average Bonchev–Trinajstić information content (AvgIpc) is 2.56. The van der Waals surface area contributed by atoms with Crippen molar-refractivity contribution in [2.45, 2.75) is 97.4 Å². The van der Waals surface area contributed by atoms with Crippen molar-refractivity contribution in [3.05, 3.63) is 0 Å². The van der Waals surface area contributed by atoms with Crippen LogP contribution in [-0.2, 0) is 9.53 Å². The molecule has 0 aromatic carbocycles. The van der Waals surface area contributed by atoms with Gasteiger partial charge in [-0.05, 0) is 12.3 Å². The first-order chi connectivity index (χ1) is 11.5. The quantitative estimate of drug-likeness (QED) is 0.404. The molecule has 5 heteroatoms. The Morgan fingerprint density at radius 1 is 0.917 bits per heavy atom. The third-order valence-corrected chi connectivity index (χ3v) is 4.48. The summed E-state index contributed by atoms with van der Waals surface area (Å²) < 4.78 is 5.08. The van der Waals surface area contributed by atoms with E-state index in [0.29, 0.717) is 13.0 Å². The molecule has 0 aromatic rings. The maximum absolute atomic E-state index is 11.6. The number of carboxylic acids is 1. The second kappa shape index (κ2) is 15.3. The standard InChI is InChI=1S/C19H37NO4/c1-4-6-7-8-9-10-11-12-13-14-15-24-19(23)20-17(18(21)22)16(3)5-2/h16-17H,4-15H2,1-3H3,(H,20,23)(H,21,22)/t16-,17-/m0/s1. The number of nitrogens with one attached hydrogen (secondary N) is 1. The minimum Gasteiger partial charge on any atom is -0.480 e. The lowest BCUT2D eigenvalue weighted by Gasteiger charge is -2.19. The molecule has 5 nitrogen and oxygen atoms in total. The van der Waals surface area contributed by atoms with Gasteiger partial charge < -0.3 is 15.2 Å². The molecular formula is C19H37NO4. The van der Waals surface area contributed by atoms with Crippen LogP contribution >= 0.6 is 0 Å². The smallest absolute Gasteiger partial charge is 0.407 e. The Morgan fingerprint density at radius 2 is 1.42 bits per heavy atom. The summed E-state index contributed by atoms with van der Waals surface area (Å²) in [7, 11) is 0. The molecule has 1 amide bonds. The summed E-state index contributed by atoms with van der Waals surface area (Å²) in [5.74, 6) is -1.13. The van der Waals surface area contributed by atoms with Crippen molar-refractivity contribution < 1.29 is 19.4 Å². The molecule has 0 aliphatic heterocycles. The lowest BCUT2D eigenvalue weighted by molar-refractivity contribution is -0.140. The molecule has 0 fully saturated rings. The van der Waals surface area contributed by atoms with Gasteiger partial charge in [0.25, 0.3) is 0 Å². The number of rotatable bonds is 15. The number of carboxylic acid groups (broad SMARTS) is 1. The van der Waals surface area contributed by atoms with Crippen LogP contribution < -0.4 is 5.32 Å². The van der Waals surface area contributed by atoms with Gasteiger partial charge in [-0.15, -0.1) is 0 Å². The molecule has 142 valence electrons. The topological polar surface area (TPSA) is 75.6 Å². The van der Waals surface area contributed by atoms with Crippen molar-refractivity contribution in [1.82, 2.24) is 5.32 Å². The van der Waals surface area contributed by atoms with Crippen LogP contribution in [0.2, 0.25) is 0 Å². The van der Waals surface area contributed by atoms with Gasteiger partial charge in [-0.2, -0.15) is 0 Å². The average molecular weight is 344 g/mol. The monoisotopic (exact) mass is 343 g/mol. The predicted molar refractivity (Wildman–Crippen MR) is 97.2 cm³/mol. The highest BCUT2D eigenvalue weighted by Crippen LogP contribution is 2.11. The van der Waals surface area contributed by atoms with Crippen molar-refractivity contribution in [2.24, 2.45) is 5.92 Å². The molecule has 0 aliphatic carbocycles. The Kier molecular flexibility index (Phi) is 14.5. The van der Waals surface area contributed by atoms with Gasteiger partial charge in [-0.3, -0.25) is 0 Å². The first-order valence-corrected chi connectivity index (χ1v) is 9.69. The normalized spacial score (nSPS) is 13.3. The fourth-order valence-corrected chi connectivity index (χ4v) is 2.61. The molecular weight excluding hydrogens is 306 g/mol. The van der Waals surface area contributed by atoms with E-state index in [4.69, 9.17) is 9.84 Å². The van der Waals surface area contributed by atoms with Crippen molar-refractivity contribution in [3.63, 3.8) is 0 Å². The summed E-state index contributed by atoms with van der Waals surface area (Å²) in [5, 5.41) is 11.6. The van der Waals surface area contributed by atoms with Crippen molar-refractivity contribution in [3.8, 4) is 0 Å². The van der Waals surface area contributed by atoms with Crippen LogP contribution in [0.15, 0.2) is 0 Å². The summed E-state index contributed by atoms with van der Waals surface area (Å²) in [6, 6.07) is -0.879. The molecule has 0 spiro atoms. The Morgan fingerprint density at radius 3 is 1.88 bits per heavy atom. The lowest BCUT2D eigenvalue weighted by Crippen LogP contribution is -2.45. The number of alkyl carbamates (subject to hydrolysis) is 1. The summed E-state index contributed by atoms with van der Waals surface area (Å²) in [5.41, 5.74) is 0. The zero-order valence-electron chi connectivity index (χ0n) is 15.8. The van der Waals surface area contributed by atoms with E-state index in [0.717, 1.165) is 12.8 Å². The molecule has 0 saturated carbocycles. The molecule has 0 aromatic heterocycles. The largest absolute Gasteiger partial charge is 0.480 e. The van der Waals surface area contributed by atoms with E-state index in [2.05, 4.69) is 12.2 Å². The van der Waals surface area contributed by atoms with E-state index in [1.54, 1.807) is 6.92 Å². The molecule has 0 unspecified atom stereocenters. The van der Waals surface area contributed by atoms with Gasteiger partial charge in [0.15, 0.2) is 0 Å². The molecule has 0 heterocycles. The molecule has 0 rings (SSSR count). The summed E-state index contributed by atoms with van der Waals surface area (Å²) in [6.07, 6.45) is 12.3. The van der Waals surface area contributed by atoms with Crippen LogP contribution in [0.25, 0.3) is 0 Å². The molecule has 2 N–H and O–H groups in total. The Balaban J connectivity index is 3.56. The fraction of sp³-hybridized carbons (Fsp3) is 0.895. The number of unbranched alkanes of at least 4 members (excludes halogenated alkanes) is 9. The van der Waals surface area contributed by atoms with Crippen LogP contribution in [0.5, 0.6) is 0 Å². The fourth-order valence-electron chi connectivity index (χ4n) is 2.61. The minimum atomic E-state index is -1.01. The van der Waals surface area contributed by atoms with Crippen molar-refractivity contribution in [1.29, 1.82) is 0 Å². The van der Waals surface area contributed by atoms with Gasteiger partial charge in [-0.1, -0.05) is 85.0 Å². The Hall–Kier alpha value is -1.26. The zero-order valence-corrected chi connectivity index (χ0v) is 15.8. The maximum atomic E-state index is 11.6. The minimum absolute atomic E-state index is 0.118. The van der Waals surface area contributed by atoms with E-state index in [9.17, 15) is 9.59 Å². The predicted octanol–water partition coefficient (Wildman–Crippen LogP) is 5.13. The molecule has 0 bridgehead atoms. The van der Waals surface area contributed by atoms with Crippen LogP contribution in [0, 0.1) is 5.92 Å². The Bertz CT molecular complexity index is 333. The van der Waals surface area contributed by atoms with Crippen LogP contribution in [0.4, 0.5) is 4.79 Å². The third kappa shape index (κ3) is 12.2. The van der Waals surface area contributed by atoms with Gasteiger partial charge in [0.05, 0.1) is 6.61 Å². The summed E-state index contributed by atoms with van der Waals surface area (Å²) >= 11 is 0. The van der Waals surface area contributed by atoms with E-state index < -0.39 is 18.1 Å². The number of carbonyl (C=O) groups excluding carboxylic acids is 1. The lowest BCUT2D eigenvalue weighted by atomic mass is 10.00. The number of aliphatic carboxylic acids is 1. The van der Waals surface area contributed by atoms with Crippen LogP contribution in [0.1, 0.15) is 91.4 Å². The van der Waals surface area contributed by atoms with Gasteiger partial charge >= 0.3 is 12.1 Å². The highest BCUT2D eigenvalue weighted by Gasteiger charge is 2.25. The highest BCUT2D eigenvalue weighted by molar-refractivity contribution is 5.80. The van der Waals surface area contributed by atoms with Gasteiger partial charge in [0, 0.05) is 0 Å². The third-order valence-electron chi connectivity index (χ3n) is 4.48. The second-order valence-electron chi connectivity index (χ2n) is 6.66. The SMILES string of the molecule is CCCCCCCCCCCCOC(=O)N[C@H](C(=O)O)[C@@H](C)CC. The van der Waals surface area contributed by atoms with Gasteiger partial charge in [0.1, 0.15) is 6.04 Å². The van der Waals surface area contributed by atoms with E-state index in [1.807, 2.05) is 6.92 Å². The molecule has 0 saturated heterocycles. The molecule has 0 radical (unpaired) electrons. The molecule has 2 atom stereocenters. The van der Waals surface area contributed by atoms with Crippen molar-refractivity contribution in [2.75, 3.05) is 6.61 Å². The zero-order chi connectivity index (χ0) is 18.2. The van der Waals surface area contributed by atoms with E-state index >= 15 is 0 Å². The van der Waals surface area contributed by atoms with Gasteiger partial charge in [0.2, 0.25) is 0 Å². The summed E-state index contributed by atoms with van der Waals surface area (Å²) in [4.78, 5) is 22.8. The summed E-state index contributed by atoms with van der Waals surface area (Å²) in [6.45, 7) is 6.29. The first-order valence-electron chi connectivity index (χ1n) is 9.69. The maximum Gasteiger partial charge on any atom is 0.407 e. The molecule has 24 heavy (non-hydrogen) atoms. The van der Waals surface area contributed by atoms with Crippen LogP contribution in [0.3, 0.4) is 0 Å². The molecule has 0 aliphatic rings. The number of hydrogen-bond acceptors (Lipinski definition) is 3. The number of carbonyl (C=O) groups is 2. The first kappa shape index (κ1) is 22.7. The highest BCUT2D eigenvalue weighted by atomic mass is 16.5. The number of hydrogen-bond donors (Lipinski definition) is 2. The van der Waals surface area contributed by atoms with Crippen molar-refractivity contribution >= 4 is 12.1 Å². The van der Waals surface area contributed by atoms with Crippen LogP contribution in [-0.4, -0.2) is 29.8 Å². The second-order valence-corrected chi connectivity index (χ2v) is 6.66. The van der Waals surface area contributed by atoms with E-state index in [1.165, 1.54) is 51.4 Å².